The Kier molecular flexibility index (Phi) is 8.57. The Bertz CT molecular complexity index is 1110. The number of ether oxygens (including phenoxy) is 2. The average Bonchev–Trinajstić information content (AvgIpc) is 3.05. The summed E-state index contributed by atoms with van der Waals surface area (Å²) >= 11 is 0. The molecule has 1 fully saturated rings. The van der Waals surface area contributed by atoms with Crippen LogP contribution in [0.1, 0.15) is 49.9 Å². The molecule has 1 atom stereocenters. The largest absolute Gasteiger partial charge is 0.507 e. The van der Waals surface area contributed by atoms with Gasteiger partial charge in [-0.2, -0.15) is 0 Å². The van der Waals surface area contributed by atoms with E-state index in [-0.39, 0.29) is 17.4 Å². The number of Topliss-reactive ketones (excluding diaryl/α,β-unsaturated/α-hetero) is 1. The molecule has 0 spiro atoms. The molecule has 1 aliphatic rings. The lowest BCUT2D eigenvalue weighted by Crippen LogP contribution is -2.32. The van der Waals surface area contributed by atoms with Crippen LogP contribution in [0.3, 0.4) is 0 Å². The van der Waals surface area contributed by atoms with Crippen molar-refractivity contribution in [2.24, 2.45) is 0 Å². The summed E-state index contributed by atoms with van der Waals surface area (Å²) in [6.45, 7) is 9.24. The molecule has 2 aromatic carbocycles. The first-order chi connectivity index (χ1) is 16.6. The van der Waals surface area contributed by atoms with Crippen molar-refractivity contribution in [3.05, 3.63) is 64.7 Å². The molecule has 0 saturated carbocycles. The molecule has 35 heavy (non-hydrogen) atoms. The maximum absolute atomic E-state index is 13.3. The van der Waals surface area contributed by atoms with Gasteiger partial charge in [0.25, 0.3) is 11.7 Å². The smallest absolute Gasteiger partial charge is 0.295 e. The van der Waals surface area contributed by atoms with E-state index in [1.165, 1.54) is 0 Å². The second kappa shape index (κ2) is 11.4. The van der Waals surface area contributed by atoms with Crippen molar-refractivity contribution in [1.29, 1.82) is 0 Å². The fourth-order valence-electron chi connectivity index (χ4n) is 4.32. The third kappa shape index (κ3) is 5.85. The monoisotopic (exact) mass is 480 g/mol. The highest BCUT2D eigenvalue weighted by Crippen LogP contribution is 2.43. The minimum absolute atomic E-state index is 0.00991. The summed E-state index contributed by atoms with van der Waals surface area (Å²) in [4.78, 5) is 30.1. The van der Waals surface area contributed by atoms with E-state index in [1.807, 2.05) is 71.0 Å². The normalized spacial score (nSPS) is 17.5. The minimum Gasteiger partial charge on any atom is -0.507 e. The van der Waals surface area contributed by atoms with Crippen molar-refractivity contribution < 1.29 is 24.2 Å². The molecule has 1 amide bonds. The van der Waals surface area contributed by atoms with Crippen LogP contribution >= 0.6 is 0 Å². The van der Waals surface area contributed by atoms with Crippen LogP contribution in [0, 0.1) is 6.92 Å². The number of para-hydroxylation sites is 1. The number of likely N-dealkylation sites (tertiary alicyclic amines) is 1. The highest BCUT2D eigenvalue weighted by molar-refractivity contribution is 6.46. The Morgan fingerprint density at radius 3 is 2.46 bits per heavy atom. The van der Waals surface area contributed by atoms with Gasteiger partial charge in [0.1, 0.15) is 17.3 Å². The van der Waals surface area contributed by atoms with Crippen LogP contribution in [0.4, 0.5) is 0 Å². The zero-order valence-corrected chi connectivity index (χ0v) is 21.5. The van der Waals surface area contributed by atoms with E-state index in [0.717, 1.165) is 12.1 Å². The Morgan fingerprint density at radius 1 is 1.11 bits per heavy atom. The number of carbonyl (C=O) groups excluding carboxylic acids is 2. The summed E-state index contributed by atoms with van der Waals surface area (Å²) in [6.07, 6.45) is 0.698. The molecule has 7 heteroatoms. The third-order valence-electron chi connectivity index (χ3n) is 5.87. The highest BCUT2D eigenvalue weighted by atomic mass is 16.5. The molecule has 0 unspecified atom stereocenters. The van der Waals surface area contributed by atoms with E-state index < -0.39 is 17.7 Å². The summed E-state index contributed by atoms with van der Waals surface area (Å²) in [5.41, 5.74) is 2.04. The van der Waals surface area contributed by atoms with E-state index in [4.69, 9.17) is 9.47 Å². The van der Waals surface area contributed by atoms with Crippen LogP contribution in [0.15, 0.2) is 48.0 Å². The minimum atomic E-state index is -0.744. The van der Waals surface area contributed by atoms with Crippen molar-refractivity contribution >= 4 is 17.4 Å². The van der Waals surface area contributed by atoms with Gasteiger partial charge in [-0.3, -0.25) is 9.59 Å². The molecule has 0 aromatic heterocycles. The van der Waals surface area contributed by atoms with Crippen molar-refractivity contribution in [3.63, 3.8) is 0 Å². The van der Waals surface area contributed by atoms with Gasteiger partial charge in [-0.05, 0) is 84.6 Å². The first kappa shape index (κ1) is 26.3. The highest BCUT2D eigenvalue weighted by Gasteiger charge is 2.46. The van der Waals surface area contributed by atoms with Gasteiger partial charge in [0.15, 0.2) is 0 Å². The van der Waals surface area contributed by atoms with Gasteiger partial charge in [-0.25, -0.2) is 0 Å². The maximum Gasteiger partial charge on any atom is 0.295 e. The van der Waals surface area contributed by atoms with Gasteiger partial charge in [0.2, 0.25) is 0 Å². The van der Waals surface area contributed by atoms with Crippen LogP contribution in [0.25, 0.3) is 5.76 Å². The second-order valence-electron chi connectivity index (χ2n) is 9.27. The molecule has 1 N–H and O–H groups in total. The summed E-state index contributed by atoms with van der Waals surface area (Å²) in [5, 5.41) is 11.4. The fraction of sp³-hybridized carbons (Fsp3) is 0.429. The Morgan fingerprint density at radius 2 is 1.83 bits per heavy atom. The number of ketones is 1. The quantitative estimate of drug-likeness (QED) is 0.305. The van der Waals surface area contributed by atoms with Gasteiger partial charge in [0.05, 0.1) is 24.3 Å². The summed E-state index contributed by atoms with van der Waals surface area (Å²) in [7, 11) is 3.93. The molecular formula is C28H36N2O5. The predicted molar refractivity (Wildman–Crippen MR) is 137 cm³/mol. The van der Waals surface area contributed by atoms with E-state index in [1.54, 1.807) is 23.1 Å². The van der Waals surface area contributed by atoms with E-state index in [9.17, 15) is 14.7 Å². The van der Waals surface area contributed by atoms with Crippen molar-refractivity contribution in [1.82, 2.24) is 9.80 Å². The lowest BCUT2D eigenvalue weighted by atomic mass is 9.94. The zero-order valence-electron chi connectivity index (χ0n) is 21.5. The molecule has 2 aromatic rings. The molecule has 1 aliphatic heterocycles. The number of amides is 1. The number of carbonyl (C=O) groups is 2. The summed E-state index contributed by atoms with van der Waals surface area (Å²) < 4.78 is 11.6. The first-order valence-corrected chi connectivity index (χ1v) is 12.1. The van der Waals surface area contributed by atoms with Crippen molar-refractivity contribution in [3.8, 4) is 11.5 Å². The van der Waals surface area contributed by atoms with E-state index >= 15 is 0 Å². The van der Waals surface area contributed by atoms with Crippen molar-refractivity contribution in [2.45, 2.75) is 46.3 Å². The van der Waals surface area contributed by atoms with Gasteiger partial charge in [-0.1, -0.05) is 18.2 Å². The number of hydrogen-bond donors (Lipinski definition) is 1. The summed E-state index contributed by atoms with van der Waals surface area (Å²) in [5.74, 6) is -0.211. The van der Waals surface area contributed by atoms with Crippen LogP contribution in [-0.2, 0) is 9.59 Å². The lowest BCUT2D eigenvalue weighted by molar-refractivity contribution is -0.140. The molecule has 0 radical (unpaired) electrons. The molecule has 0 aliphatic carbocycles. The van der Waals surface area contributed by atoms with Crippen LogP contribution < -0.4 is 9.47 Å². The number of aryl methyl sites for hydroxylation is 1. The average molecular weight is 481 g/mol. The molecular weight excluding hydrogens is 444 g/mol. The van der Waals surface area contributed by atoms with Gasteiger partial charge >= 0.3 is 0 Å². The number of hydrogen-bond acceptors (Lipinski definition) is 6. The topological polar surface area (TPSA) is 79.3 Å². The molecule has 3 rings (SSSR count). The molecule has 1 saturated heterocycles. The van der Waals surface area contributed by atoms with Crippen LogP contribution in [-0.4, -0.2) is 66.5 Å². The second-order valence-corrected chi connectivity index (χ2v) is 9.27. The Balaban J connectivity index is 2.13. The van der Waals surface area contributed by atoms with Crippen LogP contribution in [0.2, 0.25) is 0 Å². The summed E-state index contributed by atoms with van der Waals surface area (Å²) in [6, 6.07) is 11.9. The maximum atomic E-state index is 13.3. The van der Waals surface area contributed by atoms with E-state index in [0.29, 0.717) is 42.2 Å². The third-order valence-corrected chi connectivity index (χ3v) is 5.87. The Labute approximate surface area is 207 Å². The molecule has 188 valence electrons. The lowest BCUT2D eigenvalue weighted by Gasteiger charge is -2.27. The molecule has 1 heterocycles. The Hall–Kier alpha value is -3.32. The number of benzene rings is 2. The SMILES string of the molecule is CCOc1ccccc1[C@H]1C(=C(O)c2ccc(OC(C)C)c(C)c2)C(=O)C(=O)N1CCCN(C)C. The number of aliphatic hydroxyl groups excluding tert-OH is 1. The number of nitrogens with zero attached hydrogens (tertiary/aromatic N) is 2. The van der Waals surface area contributed by atoms with Crippen molar-refractivity contribution in [2.75, 3.05) is 33.8 Å². The molecule has 0 bridgehead atoms. The van der Waals surface area contributed by atoms with Gasteiger partial charge < -0.3 is 24.4 Å². The first-order valence-electron chi connectivity index (χ1n) is 12.1. The standard InChI is InChI=1S/C28H36N2O5/c1-7-34-23-12-9-8-11-21(23)25-24(27(32)28(33)30(25)16-10-15-29(5)6)26(31)20-13-14-22(19(4)17-20)35-18(2)3/h8-9,11-14,17-18,25,31H,7,10,15-16H2,1-6H3/t25-/m0/s1. The number of aliphatic hydroxyl groups is 1. The van der Waals surface area contributed by atoms with Gasteiger partial charge in [-0.15, -0.1) is 0 Å². The zero-order chi connectivity index (χ0) is 25.7. The fourth-order valence-corrected chi connectivity index (χ4v) is 4.32. The van der Waals surface area contributed by atoms with E-state index in [2.05, 4.69) is 0 Å². The number of rotatable bonds is 10. The van der Waals surface area contributed by atoms with Gasteiger partial charge in [0, 0.05) is 17.7 Å². The predicted octanol–water partition coefficient (Wildman–Crippen LogP) is 4.55. The molecule has 7 nitrogen and oxygen atoms in total. The van der Waals surface area contributed by atoms with Crippen LogP contribution in [0.5, 0.6) is 11.5 Å².